The lowest BCUT2D eigenvalue weighted by atomic mass is 9.96. The van der Waals surface area contributed by atoms with Crippen LogP contribution < -0.4 is 10.5 Å². The Morgan fingerprint density at radius 1 is 1.44 bits per heavy atom. The SMILES string of the molecule is C=CC[C@H](N)c1cc(C(C)C)ccc1OC. The van der Waals surface area contributed by atoms with Crippen LogP contribution in [0.15, 0.2) is 30.9 Å². The first-order valence-corrected chi connectivity index (χ1v) is 5.64. The van der Waals surface area contributed by atoms with Crippen LogP contribution in [0.2, 0.25) is 0 Å². The molecule has 0 heterocycles. The summed E-state index contributed by atoms with van der Waals surface area (Å²) in [5.74, 6) is 1.36. The molecule has 0 fully saturated rings. The average Bonchev–Trinajstić information content (AvgIpc) is 2.28. The van der Waals surface area contributed by atoms with Crippen molar-refractivity contribution in [1.82, 2.24) is 0 Å². The van der Waals surface area contributed by atoms with E-state index in [0.717, 1.165) is 17.7 Å². The first-order valence-electron chi connectivity index (χ1n) is 5.64. The third-order valence-electron chi connectivity index (χ3n) is 2.74. The third kappa shape index (κ3) is 2.86. The highest BCUT2D eigenvalue weighted by Gasteiger charge is 2.12. The van der Waals surface area contributed by atoms with Crippen molar-refractivity contribution >= 4 is 0 Å². The molecule has 0 amide bonds. The standard InChI is InChI=1S/C14H21NO/c1-5-6-13(15)12-9-11(10(2)3)7-8-14(12)16-4/h5,7-10,13H,1,6,15H2,2-4H3/t13-/m0/s1. The fraction of sp³-hybridized carbons (Fsp3) is 0.429. The van der Waals surface area contributed by atoms with Crippen LogP contribution in [0.3, 0.4) is 0 Å². The Balaban J connectivity index is 3.10. The van der Waals surface area contributed by atoms with Crippen LogP contribution >= 0.6 is 0 Å². The first-order chi connectivity index (χ1) is 7.60. The number of methoxy groups -OCH3 is 1. The van der Waals surface area contributed by atoms with Gasteiger partial charge in [-0.25, -0.2) is 0 Å². The molecule has 0 aliphatic heterocycles. The Bertz CT molecular complexity index is 358. The second kappa shape index (κ2) is 5.71. The van der Waals surface area contributed by atoms with Crippen molar-refractivity contribution in [3.63, 3.8) is 0 Å². The Morgan fingerprint density at radius 2 is 2.12 bits per heavy atom. The summed E-state index contributed by atoms with van der Waals surface area (Å²) in [6.07, 6.45) is 2.60. The number of rotatable bonds is 5. The maximum absolute atomic E-state index is 6.10. The predicted molar refractivity (Wildman–Crippen MR) is 68.8 cm³/mol. The van der Waals surface area contributed by atoms with E-state index in [0.29, 0.717) is 5.92 Å². The topological polar surface area (TPSA) is 35.2 Å². The highest BCUT2D eigenvalue weighted by molar-refractivity contribution is 5.40. The second-order valence-electron chi connectivity index (χ2n) is 4.29. The van der Waals surface area contributed by atoms with Crippen molar-refractivity contribution in [3.05, 3.63) is 42.0 Å². The second-order valence-corrected chi connectivity index (χ2v) is 4.29. The zero-order chi connectivity index (χ0) is 12.1. The van der Waals surface area contributed by atoms with Crippen LogP contribution in [-0.2, 0) is 0 Å². The van der Waals surface area contributed by atoms with Crippen LogP contribution in [-0.4, -0.2) is 7.11 Å². The number of nitrogens with two attached hydrogens (primary N) is 1. The molecule has 88 valence electrons. The van der Waals surface area contributed by atoms with E-state index in [2.05, 4.69) is 32.6 Å². The van der Waals surface area contributed by atoms with Gasteiger partial charge in [-0.2, -0.15) is 0 Å². The van der Waals surface area contributed by atoms with Gasteiger partial charge in [0, 0.05) is 11.6 Å². The van der Waals surface area contributed by atoms with Gasteiger partial charge in [0.15, 0.2) is 0 Å². The molecular formula is C14H21NO. The molecule has 0 saturated heterocycles. The van der Waals surface area contributed by atoms with E-state index in [1.165, 1.54) is 5.56 Å². The molecule has 1 rings (SSSR count). The summed E-state index contributed by atoms with van der Waals surface area (Å²) in [4.78, 5) is 0. The quantitative estimate of drug-likeness (QED) is 0.770. The fourth-order valence-corrected chi connectivity index (χ4v) is 1.71. The molecule has 1 atom stereocenters. The lowest BCUT2D eigenvalue weighted by Gasteiger charge is -2.17. The highest BCUT2D eigenvalue weighted by Crippen LogP contribution is 2.29. The molecule has 0 unspecified atom stereocenters. The maximum Gasteiger partial charge on any atom is 0.123 e. The molecule has 2 nitrogen and oxygen atoms in total. The van der Waals surface area contributed by atoms with Crippen molar-refractivity contribution < 1.29 is 4.74 Å². The number of hydrogen-bond donors (Lipinski definition) is 1. The summed E-state index contributed by atoms with van der Waals surface area (Å²) in [6.45, 7) is 8.06. The molecule has 16 heavy (non-hydrogen) atoms. The van der Waals surface area contributed by atoms with Crippen molar-refractivity contribution in [2.24, 2.45) is 5.73 Å². The Labute approximate surface area is 98.1 Å². The minimum Gasteiger partial charge on any atom is -0.496 e. The molecule has 1 aromatic rings. The smallest absolute Gasteiger partial charge is 0.123 e. The Hall–Kier alpha value is -1.28. The zero-order valence-corrected chi connectivity index (χ0v) is 10.4. The molecule has 0 saturated carbocycles. The average molecular weight is 219 g/mol. The van der Waals surface area contributed by atoms with Gasteiger partial charge in [0.25, 0.3) is 0 Å². The van der Waals surface area contributed by atoms with E-state index in [-0.39, 0.29) is 6.04 Å². The van der Waals surface area contributed by atoms with Gasteiger partial charge in [-0.05, 0) is 24.0 Å². The normalized spacial score (nSPS) is 12.6. The van der Waals surface area contributed by atoms with Gasteiger partial charge in [0.05, 0.1) is 7.11 Å². The Kier molecular flexibility index (Phi) is 4.56. The molecule has 2 heteroatoms. The summed E-state index contributed by atoms with van der Waals surface area (Å²) >= 11 is 0. The van der Waals surface area contributed by atoms with Crippen molar-refractivity contribution in [3.8, 4) is 5.75 Å². The van der Waals surface area contributed by atoms with Crippen LogP contribution in [0.5, 0.6) is 5.75 Å². The minimum absolute atomic E-state index is 0.0360. The first kappa shape index (κ1) is 12.8. The summed E-state index contributed by atoms with van der Waals surface area (Å²) in [7, 11) is 1.68. The van der Waals surface area contributed by atoms with Gasteiger partial charge in [-0.3, -0.25) is 0 Å². The van der Waals surface area contributed by atoms with Crippen molar-refractivity contribution in [2.45, 2.75) is 32.2 Å². The molecule has 1 aromatic carbocycles. The lowest BCUT2D eigenvalue weighted by molar-refractivity contribution is 0.405. The molecule has 2 N–H and O–H groups in total. The van der Waals surface area contributed by atoms with Gasteiger partial charge in [-0.15, -0.1) is 6.58 Å². The fourth-order valence-electron chi connectivity index (χ4n) is 1.71. The van der Waals surface area contributed by atoms with Gasteiger partial charge < -0.3 is 10.5 Å². The maximum atomic E-state index is 6.10. The molecule has 0 aliphatic rings. The third-order valence-corrected chi connectivity index (χ3v) is 2.74. The number of benzene rings is 1. The van der Waals surface area contributed by atoms with Crippen LogP contribution in [0.25, 0.3) is 0 Å². The summed E-state index contributed by atoms with van der Waals surface area (Å²) in [5.41, 5.74) is 8.45. The molecule has 0 spiro atoms. The molecule has 0 aliphatic carbocycles. The van der Waals surface area contributed by atoms with Gasteiger partial charge in [-0.1, -0.05) is 32.1 Å². The van der Waals surface area contributed by atoms with E-state index in [4.69, 9.17) is 10.5 Å². The van der Waals surface area contributed by atoms with Gasteiger partial charge >= 0.3 is 0 Å². The molecule has 0 radical (unpaired) electrons. The van der Waals surface area contributed by atoms with E-state index in [1.807, 2.05) is 12.1 Å². The van der Waals surface area contributed by atoms with E-state index < -0.39 is 0 Å². The zero-order valence-electron chi connectivity index (χ0n) is 10.4. The molecule has 0 aromatic heterocycles. The van der Waals surface area contributed by atoms with E-state index in [9.17, 15) is 0 Å². The summed E-state index contributed by atoms with van der Waals surface area (Å²) < 4.78 is 5.33. The van der Waals surface area contributed by atoms with Crippen molar-refractivity contribution in [1.29, 1.82) is 0 Å². The summed E-state index contributed by atoms with van der Waals surface area (Å²) in [6, 6.07) is 6.19. The molecule has 0 bridgehead atoms. The predicted octanol–water partition coefficient (Wildman–Crippen LogP) is 3.39. The monoisotopic (exact) mass is 219 g/mol. The minimum atomic E-state index is -0.0360. The largest absolute Gasteiger partial charge is 0.496 e. The Morgan fingerprint density at radius 3 is 2.62 bits per heavy atom. The van der Waals surface area contributed by atoms with Gasteiger partial charge in [0.1, 0.15) is 5.75 Å². The van der Waals surface area contributed by atoms with Crippen molar-refractivity contribution in [2.75, 3.05) is 7.11 Å². The van der Waals surface area contributed by atoms with Crippen LogP contribution in [0.4, 0.5) is 0 Å². The van der Waals surface area contributed by atoms with E-state index >= 15 is 0 Å². The van der Waals surface area contributed by atoms with E-state index in [1.54, 1.807) is 7.11 Å². The molecular weight excluding hydrogens is 198 g/mol. The van der Waals surface area contributed by atoms with Crippen LogP contribution in [0, 0.1) is 0 Å². The van der Waals surface area contributed by atoms with Crippen LogP contribution in [0.1, 0.15) is 43.4 Å². The number of ether oxygens (including phenoxy) is 1. The number of hydrogen-bond acceptors (Lipinski definition) is 2. The highest BCUT2D eigenvalue weighted by atomic mass is 16.5. The summed E-state index contributed by atoms with van der Waals surface area (Å²) in [5, 5.41) is 0. The van der Waals surface area contributed by atoms with Gasteiger partial charge in [0.2, 0.25) is 0 Å². The lowest BCUT2D eigenvalue weighted by Crippen LogP contribution is -2.11.